The first kappa shape index (κ1) is 13.5. The summed E-state index contributed by atoms with van der Waals surface area (Å²) in [6.07, 6.45) is 5.12. The summed E-state index contributed by atoms with van der Waals surface area (Å²) >= 11 is 11.4. The maximum Gasteiger partial charge on any atom is 0.268 e. The van der Waals surface area contributed by atoms with Gasteiger partial charge in [0.2, 0.25) is 0 Å². The number of carbonyl (C=O) groups is 1. The minimum absolute atomic E-state index is 0.246. The lowest BCUT2D eigenvalue weighted by Gasteiger charge is -1.98. The van der Waals surface area contributed by atoms with Gasteiger partial charge in [-0.1, -0.05) is 29.3 Å². The van der Waals surface area contributed by atoms with Crippen molar-refractivity contribution in [3.05, 3.63) is 39.9 Å². The van der Waals surface area contributed by atoms with Crippen LogP contribution in [-0.2, 0) is 0 Å². The molecule has 2 aromatic heterocycles. The van der Waals surface area contributed by atoms with Crippen LogP contribution in [0.25, 0.3) is 6.08 Å². The first-order chi connectivity index (χ1) is 9.06. The van der Waals surface area contributed by atoms with E-state index in [-0.39, 0.29) is 11.1 Å². The largest absolute Gasteiger partial charge is 0.369 e. The molecular weight excluding hydrogens is 289 g/mol. The third-order valence-corrected chi connectivity index (χ3v) is 2.96. The average Bonchev–Trinajstić information content (AvgIpc) is 2.92. The smallest absolute Gasteiger partial charge is 0.268 e. The fraction of sp³-hybridized carbons (Fsp3) is 0.0909. The number of imidazole rings is 1. The Hall–Kier alpha value is -1.92. The summed E-state index contributed by atoms with van der Waals surface area (Å²) in [5.41, 5.74) is 6.50. The van der Waals surface area contributed by atoms with Crippen molar-refractivity contribution in [2.24, 2.45) is 0 Å². The summed E-state index contributed by atoms with van der Waals surface area (Å²) in [6.45, 7) is 0.353. The molecule has 0 atom stereocenters. The van der Waals surface area contributed by atoms with E-state index in [0.29, 0.717) is 23.2 Å². The lowest BCUT2D eigenvalue weighted by Crippen LogP contribution is -2.23. The Labute approximate surface area is 119 Å². The number of halogens is 2. The standard InChI is InChI=1S/C11H11Cl2N5O/c12-7-4-8(18-9(7)13)10(19)15-3-1-2-6-5-16-11(14)17-6/h1-2,4-5,18H,3H2,(H,15,19)(H3,14,16,17)/b2-1+. The SMILES string of the molecule is Nc1ncc(/C=C/CNC(=O)c2cc(Cl)c(Cl)[nH]2)[nH]1. The molecule has 0 radical (unpaired) electrons. The highest BCUT2D eigenvalue weighted by Crippen LogP contribution is 2.21. The van der Waals surface area contributed by atoms with E-state index in [4.69, 9.17) is 28.9 Å². The summed E-state index contributed by atoms with van der Waals surface area (Å²) in [5, 5.41) is 3.24. The molecule has 1 amide bonds. The van der Waals surface area contributed by atoms with Crippen molar-refractivity contribution in [1.82, 2.24) is 20.3 Å². The van der Waals surface area contributed by atoms with Crippen LogP contribution in [0.5, 0.6) is 0 Å². The van der Waals surface area contributed by atoms with E-state index in [1.807, 2.05) is 0 Å². The number of nitrogens with one attached hydrogen (secondary N) is 3. The lowest BCUT2D eigenvalue weighted by atomic mass is 10.3. The molecule has 0 spiro atoms. The van der Waals surface area contributed by atoms with Crippen molar-refractivity contribution >= 4 is 41.1 Å². The topological polar surface area (TPSA) is 99.6 Å². The molecule has 0 saturated carbocycles. The zero-order valence-corrected chi connectivity index (χ0v) is 11.2. The van der Waals surface area contributed by atoms with Gasteiger partial charge in [0.25, 0.3) is 5.91 Å². The average molecular weight is 300 g/mol. The molecule has 0 aliphatic heterocycles. The van der Waals surface area contributed by atoms with Gasteiger partial charge in [-0.3, -0.25) is 4.79 Å². The van der Waals surface area contributed by atoms with Crippen molar-refractivity contribution in [2.75, 3.05) is 12.3 Å². The number of carbonyl (C=O) groups excluding carboxylic acids is 1. The number of nitrogens with zero attached hydrogens (tertiary/aromatic N) is 1. The molecule has 0 saturated heterocycles. The molecule has 2 rings (SSSR count). The highest BCUT2D eigenvalue weighted by molar-refractivity contribution is 6.41. The third kappa shape index (κ3) is 3.52. The molecule has 0 aliphatic rings. The van der Waals surface area contributed by atoms with Gasteiger partial charge in [0.1, 0.15) is 10.8 Å². The van der Waals surface area contributed by atoms with Gasteiger partial charge in [0, 0.05) is 6.54 Å². The monoisotopic (exact) mass is 299 g/mol. The molecule has 0 unspecified atom stereocenters. The molecule has 0 fully saturated rings. The van der Waals surface area contributed by atoms with Crippen LogP contribution in [0.3, 0.4) is 0 Å². The van der Waals surface area contributed by atoms with Gasteiger partial charge in [0.15, 0.2) is 5.95 Å². The second-order valence-corrected chi connectivity index (χ2v) is 4.47. The number of H-pyrrole nitrogens is 2. The second kappa shape index (κ2) is 5.81. The van der Waals surface area contributed by atoms with Gasteiger partial charge in [-0.2, -0.15) is 0 Å². The van der Waals surface area contributed by atoms with Crippen LogP contribution in [0, 0.1) is 0 Å². The summed E-state index contributed by atoms with van der Waals surface area (Å²) in [5.74, 6) is 0.0573. The molecule has 2 aromatic rings. The Morgan fingerprint density at radius 2 is 2.26 bits per heavy atom. The summed E-state index contributed by atoms with van der Waals surface area (Å²) in [6, 6.07) is 1.47. The van der Waals surface area contributed by atoms with Crippen molar-refractivity contribution in [3.8, 4) is 0 Å². The molecule has 19 heavy (non-hydrogen) atoms. The van der Waals surface area contributed by atoms with Crippen LogP contribution in [0.1, 0.15) is 16.2 Å². The van der Waals surface area contributed by atoms with Crippen molar-refractivity contribution < 1.29 is 4.79 Å². The predicted octanol–water partition coefficient (Wildman–Crippen LogP) is 2.07. The molecule has 2 heterocycles. The van der Waals surface area contributed by atoms with Crippen molar-refractivity contribution in [1.29, 1.82) is 0 Å². The third-order valence-electron chi connectivity index (χ3n) is 2.26. The minimum atomic E-state index is -0.289. The van der Waals surface area contributed by atoms with Crippen molar-refractivity contribution in [2.45, 2.75) is 0 Å². The fourth-order valence-electron chi connectivity index (χ4n) is 1.40. The van der Waals surface area contributed by atoms with E-state index in [9.17, 15) is 4.79 Å². The normalized spacial score (nSPS) is 11.1. The first-order valence-corrected chi connectivity index (χ1v) is 6.11. The second-order valence-electron chi connectivity index (χ2n) is 3.68. The van der Waals surface area contributed by atoms with Gasteiger partial charge < -0.3 is 21.0 Å². The lowest BCUT2D eigenvalue weighted by molar-refractivity contribution is 0.0953. The Morgan fingerprint density at radius 1 is 1.47 bits per heavy atom. The molecule has 5 N–H and O–H groups in total. The number of amides is 1. The van der Waals surface area contributed by atoms with Crippen LogP contribution >= 0.6 is 23.2 Å². The quantitative estimate of drug-likeness (QED) is 0.695. The minimum Gasteiger partial charge on any atom is -0.369 e. The fourth-order valence-corrected chi connectivity index (χ4v) is 1.71. The summed E-state index contributed by atoms with van der Waals surface area (Å²) in [4.78, 5) is 21.0. The maximum atomic E-state index is 11.7. The van der Waals surface area contributed by atoms with Gasteiger partial charge in [0.05, 0.1) is 16.9 Å². The number of hydrogen-bond acceptors (Lipinski definition) is 3. The highest BCUT2D eigenvalue weighted by atomic mass is 35.5. The van der Waals surface area contributed by atoms with E-state index < -0.39 is 0 Å². The van der Waals surface area contributed by atoms with Crippen LogP contribution in [0.4, 0.5) is 5.95 Å². The van der Waals surface area contributed by atoms with Crippen LogP contribution in [-0.4, -0.2) is 27.4 Å². The number of nitrogens with two attached hydrogens (primary N) is 1. The van der Waals surface area contributed by atoms with E-state index >= 15 is 0 Å². The number of aromatic nitrogens is 3. The van der Waals surface area contributed by atoms with E-state index in [1.54, 1.807) is 18.3 Å². The number of nitrogen functional groups attached to an aromatic ring is 1. The van der Waals surface area contributed by atoms with Gasteiger partial charge >= 0.3 is 0 Å². The molecular formula is C11H11Cl2N5O. The Balaban J connectivity index is 1.85. The van der Waals surface area contributed by atoms with Crippen LogP contribution in [0.2, 0.25) is 10.2 Å². The summed E-state index contributed by atoms with van der Waals surface area (Å²) < 4.78 is 0. The van der Waals surface area contributed by atoms with Crippen LogP contribution in [0.15, 0.2) is 18.3 Å². The number of rotatable bonds is 4. The van der Waals surface area contributed by atoms with Crippen LogP contribution < -0.4 is 11.1 Å². The van der Waals surface area contributed by atoms with Crippen molar-refractivity contribution in [3.63, 3.8) is 0 Å². The molecule has 0 aromatic carbocycles. The molecule has 6 nitrogen and oxygen atoms in total. The summed E-state index contributed by atoms with van der Waals surface area (Å²) in [7, 11) is 0. The van der Waals surface area contributed by atoms with Gasteiger partial charge in [-0.15, -0.1) is 0 Å². The zero-order chi connectivity index (χ0) is 13.8. The Bertz CT molecular complexity index is 597. The number of hydrogen-bond donors (Lipinski definition) is 4. The molecule has 0 bridgehead atoms. The Kier molecular flexibility index (Phi) is 4.13. The van der Waals surface area contributed by atoms with Gasteiger partial charge in [-0.05, 0) is 12.1 Å². The number of anilines is 1. The van der Waals surface area contributed by atoms with E-state index in [2.05, 4.69) is 20.3 Å². The first-order valence-electron chi connectivity index (χ1n) is 5.35. The van der Waals surface area contributed by atoms with E-state index in [1.165, 1.54) is 6.07 Å². The maximum absolute atomic E-state index is 11.7. The zero-order valence-electron chi connectivity index (χ0n) is 9.71. The van der Waals surface area contributed by atoms with Gasteiger partial charge in [-0.25, -0.2) is 4.98 Å². The molecule has 0 aliphatic carbocycles. The molecule has 8 heteroatoms. The van der Waals surface area contributed by atoms with E-state index in [0.717, 1.165) is 5.69 Å². The number of aromatic amines is 2. The highest BCUT2D eigenvalue weighted by Gasteiger charge is 2.10. The predicted molar refractivity (Wildman–Crippen MR) is 75.2 cm³/mol. The Morgan fingerprint density at radius 3 is 2.84 bits per heavy atom. The molecule has 100 valence electrons.